The molecule has 2 heterocycles. The van der Waals surface area contributed by atoms with Crippen molar-refractivity contribution in [2.45, 2.75) is 31.5 Å². The minimum Gasteiger partial charge on any atom is -0.481 e. The van der Waals surface area contributed by atoms with Crippen LogP contribution in [0.15, 0.2) is 36.5 Å². The van der Waals surface area contributed by atoms with Gasteiger partial charge in [0.2, 0.25) is 5.88 Å². The van der Waals surface area contributed by atoms with Crippen molar-refractivity contribution in [1.82, 2.24) is 15.6 Å². The molecular weight excluding hydrogens is 420 g/mol. The predicted octanol–water partition coefficient (Wildman–Crippen LogP) is 3.42. The number of nitrogens with one attached hydrogen (secondary N) is 2. The lowest BCUT2D eigenvalue weighted by atomic mass is 9.92. The normalized spacial score (nSPS) is 20.8. The third-order valence-electron chi connectivity index (χ3n) is 4.33. The summed E-state index contributed by atoms with van der Waals surface area (Å²) in [5, 5.41) is 7.17. The maximum atomic E-state index is 13.2. The molecule has 24 heavy (non-hydrogen) atoms. The highest BCUT2D eigenvalue weighted by atomic mass is 127. The number of ether oxygens (including phenoxy) is 1. The molecule has 1 aliphatic heterocycles. The first kappa shape index (κ1) is 17.6. The van der Waals surface area contributed by atoms with Gasteiger partial charge in [-0.3, -0.25) is 0 Å². The Labute approximate surface area is 155 Å². The Bertz CT molecular complexity index is 680. The molecule has 0 spiro atoms. The van der Waals surface area contributed by atoms with Gasteiger partial charge in [-0.2, -0.15) is 0 Å². The van der Waals surface area contributed by atoms with Crippen molar-refractivity contribution in [2.75, 3.05) is 13.7 Å². The third-order valence-corrected chi connectivity index (χ3v) is 4.92. The molecule has 0 radical (unpaired) electrons. The quantitative estimate of drug-likeness (QED) is 0.699. The van der Waals surface area contributed by atoms with Crippen LogP contribution in [0.1, 0.15) is 30.0 Å². The lowest BCUT2D eigenvalue weighted by Crippen LogP contribution is -2.45. The summed E-state index contributed by atoms with van der Waals surface area (Å²) in [6.45, 7) is 1.67. The van der Waals surface area contributed by atoms with Crippen LogP contribution < -0.4 is 15.4 Å². The Hall–Kier alpha value is -1.25. The molecule has 2 aromatic rings. The number of piperidine rings is 1. The zero-order valence-corrected chi connectivity index (χ0v) is 15.7. The van der Waals surface area contributed by atoms with Crippen LogP contribution in [0.4, 0.5) is 4.39 Å². The van der Waals surface area contributed by atoms with Crippen LogP contribution in [0.3, 0.4) is 0 Å². The summed E-state index contributed by atoms with van der Waals surface area (Å²) in [5.74, 6) is 0.457. The van der Waals surface area contributed by atoms with E-state index >= 15 is 0 Å². The number of benzene rings is 1. The second kappa shape index (κ2) is 8.22. The lowest BCUT2D eigenvalue weighted by molar-refractivity contribution is 0.302. The number of aromatic nitrogens is 1. The SMILES string of the molecule is COc1ncc(I)cc1CNC1CCCNC1c1ccc(F)cc1. The van der Waals surface area contributed by atoms with Gasteiger partial charge in [-0.05, 0) is 65.7 Å². The standard InChI is InChI=1S/C18H21FIN3O/c1-24-18-13(9-15(20)11-23-18)10-22-16-3-2-8-21-17(16)12-4-6-14(19)7-5-12/h4-7,9,11,16-17,21-22H,2-3,8,10H2,1H3. The van der Waals surface area contributed by atoms with Crippen molar-refractivity contribution >= 4 is 22.6 Å². The number of methoxy groups -OCH3 is 1. The van der Waals surface area contributed by atoms with E-state index in [2.05, 4.69) is 44.3 Å². The molecule has 3 rings (SSSR count). The largest absolute Gasteiger partial charge is 0.481 e. The van der Waals surface area contributed by atoms with E-state index in [0.717, 1.165) is 34.1 Å². The summed E-state index contributed by atoms with van der Waals surface area (Å²) in [6, 6.07) is 9.32. The first-order valence-corrected chi connectivity index (χ1v) is 9.16. The zero-order valence-electron chi connectivity index (χ0n) is 13.6. The highest BCUT2D eigenvalue weighted by Gasteiger charge is 2.26. The summed E-state index contributed by atoms with van der Waals surface area (Å²) < 4.78 is 19.6. The fourth-order valence-corrected chi connectivity index (χ4v) is 3.66. The van der Waals surface area contributed by atoms with Crippen molar-refractivity contribution in [3.63, 3.8) is 0 Å². The first-order valence-electron chi connectivity index (χ1n) is 8.08. The minimum absolute atomic E-state index is 0.182. The molecule has 1 saturated heterocycles. The zero-order chi connectivity index (χ0) is 16.9. The maximum absolute atomic E-state index is 13.2. The van der Waals surface area contributed by atoms with Gasteiger partial charge in [0.25, 0.3) is 0 Å². The molecule has 1 aromatic carbocycles. The molecular formula is C18H21FIN3O. The van der Waals surface area contributed by atoms with Crippen LogP contribution in [-0.4, -0.2) is 24.7 Å². The second-order valence-electron chi connectivity index (χ2n) is 5.93. The van der Waals surface area contributed by atoms with Crippen molar-refractivity contribution in [3.8, 4) is 5.88 Å². The van der Waals surface area contributed by atoms with Crippen molar-refractivity contribution in [1.29, 1.82) is 0 Å². The molecule has 2 unspecified atom stereocenters. The number of rotatable bonds is 5. The molecule has 1 fully saturated rings. The summed E-state index contributed by atoms with van der Waals surface area (Å²) in [6.07, 6.45) is 4.00. The van der Waals surface area contributed by atoms with Crippen molar-refractivity contribution in [3.05, 3.63) is 57.0 Å². The smallest absolute Gasteiger partial charge is 0.217 e. The molecule has 0 saturated carbocycles. The summed E-state index contributed by atoms with van der Waals surface area (Å²) in [4.78, 5) is 4.32. The van der Waals surface area contributed by atoms with Gasteiger partial charge < -0.3 is 15.4 Å². The van der Waals surface area contributed by atoms with Crippen molar-refractivity contribution in [2.24, 2.45) is 0 Å². The highest BCUT2D eigenvalue weighted by Crippen LogP contribution is 2.25. The molecule has 128 valence electrons. The molecule has 1 aliphatic rings. The van der Waals surface area contributed by atoms with E-state index < -0.39 is 0 Å². The minimum atomic E-state index is -0.200. The summed E-state index contributed by atoms with van der Waals surface area (Å²) in [7, 11) is 1.64. The molecule has 2 N–H and O–H groups in total. The molecule has 6 heteroatoms. The van der Waals surface area contributed by atoms with Crippen LogP contribution >= 0.6 is 22.6 Å². The van der Waals surface area contributed by atoms with E-state index in [9.17, 15) is 4.39 Å². The van der Waals surface area contributed by atoms with Gasteiger partial charge in [-0.1, -0.05) is 12.1 Å². The topological polar surface area (TPSA) is 46.2 Å². The van der Waals surface area contributed by atoms with E-state index in [-0.39, 0.29) is 17.9 Å². The van der Waals surface area contributed by atoms with E-state index in [1.807, 2.05) is 12.1 Å². The van der Waals surface area contributed by atoms with Crippen LogP contribution in [0.5, 0.6) is 5.88 Å². The van der Waals surface area contributed by atoms with Crippen LogP contribution in [0.25, 0.3) is 0 Å². The monoisotopic (exact) mass is 441 g/mol. The Morgan fingerprint density at radius 2 is 2.17 bits per heavy atom. The Kier molecular flexibility index (Phi) is 6.02. The van der Waals surface area contributed by atoms with Gasteiger partial charge in [0.05, 0.1) is 7.11 Å². The predicted molar refractivity (Wildman–Crippen MR) is 101 cm³/mol. The van der Waals surface area contributed by atoms with Gasteiger partial charge in [0.1, 0.15) is 5.82 Å². The average molecular weight is 441 g/mol. The number of hydrogen-bond acceptors (Lipinski definition) is 4. The highest BCUT2D eigenvalue weighted by molar-refractivity contribution is 14.1. The lowest BCUT2D eigenvalue weighted by Gasteiger charge is -2.34. The molecule has 4 nitrogen and oxygen atoms in total. The fourth-order valence-electron chi connectivity index (χ4n) is 3.15. The van der Waals surface area contributed by atoms with Gasteiger partial charge in [-0.15, -0.1) is 0 Å². The van der Waals surface area contributed by atoms with Crippen LogP contribution in [0.2, 0.25) is 0 Å². The first-order chi connectivity index (χ1) is 11.7. The third kappa shape index (κ3) is 4.23. The fraction of sp³-hybridized carbons (Fsp3) is 0.389. The molecule has 0 bridgehead atoms. The van der Waals surface area contributed by atoms with E-state index in [4.69, 9.17) is 4.74 Å². The van der Waals surface area contributed by atoms with Gasteiger partial charge in [0.15, 0.2) is 0 Å². The second-order valence-corrected chi connectivity index (χ2v) is 7.18. The number of pyridine rings is 1. The number of nitrogens with zero attached hydrogens (tertiary/aromatic N) is 1. The van der Waals surface area contributed by atoms with Crippen LogP contribution in [0, 0.1) is 9.39 Å². The number of halogens is 2. The van der Waals surface area contributed by atoms with E-state index in [1.54, 1.807) is 13.3 Å². The molecule has 2 atom stereocenters. The van der Waals surface area contributed by atoms with Gasteiger partial charge in [0, 0.05) is 34.0 Å². The maximum Gasteiger partial charge on any atom is 0.217 e. The van der Waals surface area contributed by atoms with Crippen LogP contribution in [-0.2, 0) is 6.54 Å². The van der Waals surface area contributed by atoms with Gasteiger partial charge in [-0.25, -0.2) is 9.37 Å². The Morgan fingerprint density at radius 3 is 2.92 bits per heavy atom. The molecule has 0 aliphatic carbocycles. The van der Waals surface area contributed by atoms with E-state index in [0.29, 0.717) is 12.4 Å². The van der Waals surface area contributed by atoms with E-state index in [1.165, 1.54) is 12.1 Å². The summed E-state index contributed by atoms with van der Waals surface area (Å²) in [5.41, 5.74) is 2.16. The molecule has 1 aromatic heterocycles. The Morgan fingerprint density at radius 1 is 1.38 bits per heavy atom. The average Bonchev–Trinajstić information content (AvgIpc) is 2.61. The Balaban J connectivity index is 1.72. The molecule has 0 amide bonds. The number of hydrogen-bond donors (Lipinski definition) is 2. The summed E-state index contributed by atoms with van der Waals surface area (Å²) >= 11 is 2.26. The van der Waals surface area contributed by atoms with Crippen molar-refractivity contribution < 1.29 is 9.13 Å². The van der Waals surface area contributed by atoms with Gasteiger partial charge >= 0.3 is 0 Å².